The van der Waals surface area contributed by atoms with Gasteiger partial charge < -0.3 is 14.8 Å². The Labute approximate surface area is 129 Å². The Balaban J connectivity index is 1.99. The van der Waals surface area contributed by atoms with Crippen molar-refractivity contribution >= 4 is 10.0 Å². The molecule has 8 heteroatoms. The van der Waals surface area contributed by atoms with E-state index in [1.165, 1.54) is 10.4 Å². The van der Waals surface area contributed by atoms with Crippen LogP contribution in [0.3, 0.4) is 0 Å². The Morgan fingerprint density at radius 3 is 2.73 bits per heavy atom. The third-order valence-electron chi connectivity index (χ3n) is 4.01. The molecule has 0 saturated carbocycles. The minimum Gasteiger partial charge on any atom is -0.454 e. The van der Waals surface area contributed by atoms with Crippen molar-refractivity contribution in [3.8, 4) is 11.5 Å². The van der Waals surface area contributed by atoms with E-state index < -0.39 is 16.2 Å². The monoisotopic (exact) mass is 330 g/mol. The summed E-state index contributed by atoms with van der Waals surface area (Å²) in [6.07, 6.45) is -0.925. The first-order valence-electron chi connectivity index (χ1n) is 7.14. The molecule has 1 fully saturated rings. The maximum absolute atomic E-state index is 13.7. The van der Waals surface area contributed by atoms with E-state index in [1.54, 1.807) is 20.0 Å². The lowest BCUT2D eigenvalue weighted by atomic mass is 10.2. The van der Waals surface area contributed by atoms with Crippen molar-refractivity contribution in [3.05, 3.63) is 17.7 Å². The summed E-state index contributed by atoms with van der Waals surface area (Å²) in [6.45, 7) is 2.09. The van der Waals surface area contributed by atoms with E-state index in [9.17, 15) is 12.8 Å². The van der Waals surface area contributed by atoms with E-state index in [0.717, 1.165) is 0 Å². The highest BCUT2D eigenvalue weighted by atomic mass is 32.2. The minimum absolute atomic E-state index is 0.0803. The van der Waals surface area contributed by atoms with E-state index in [4.69, 9.17) is 9.47 Å². The van der Waals surface area contributed by atoms with Crippen LogP contribution in [-0.2, 0) is 10.0 Å². The average Bonchev–Trinajstić information content (AvgIpc) is 3.04. The van der Waals surface area contributed by atoms with E-state index in [1.807, 2.05) is 0 Å². The van der Waals surface area contributed by atoms with Crippen molar-refractivity contribution in [2.75, 3.05) is 26.9 Å². The molecular formula is C14H19FN2O4S. The van der Waals surface area contributed by atoms with E-state index in [0.29, 0.717) is 23.6 Å². The Morgan fingerprint density at radius 2 is 2.05 bits per heavy atom. The lowest BCUT2D eigenvalue weighted by Crippen LogP contribution is -2.41. The fourth-order valence-electron chi connectivity index (χ4n) is 2.98. The largest absolute Gasteiger partial charge is 0.454 e. The van der Waals surface area contributed by atoms with Crippen LogP contribution >= 0.6 is 0 Å². The van der Waals surface area contributed by atoms with Crippen LogP contribution in [0, 0.1) is 6.92 Å². The molecule has 0 amide bonds. The van der Waals surface area contributed by atoms with Gasteiger partial charge in [-0.05, 0) is 32.0 Å². The van der Waals surface area contributed by atoms with Crippen LogP contribution in [0.4, 0.5) is 4.39 Å². The van der Waals surface area contributed by atoms with Crippen LogP contribution in [0.15, 0.2) is 17.0 Å². The lowest BCUT2D eigenvalue weighted by Gasteiger charge is -2.24. The highest BCUT2D eigenvalue weighted by Gasteiger charge is 2.41. The van der Waals surface area contributed by atoms with Crippen molar-refractivity contribution in [3.63, 3.8) is 0 Å². The third-order valence-corrected chi connectivity index (χ3v) is 6.07. The van der Waals surface area contributed by atoms with Gasteiger partial charge in [0, 0.05) is 25.2 Å². The molecule has 0 bridgehead atoms. The molecule has 2 aliphatic heterocycles. The number of hydrogen-bond donors (Lipinski definition) is 1. The third kappa shape index (κ3) is 2.55. The van der Waals surface area contributed by atoms with Crippen LogP contribution in [-0.4, -0.2) is 51.9 Å². The Bertz CT molecular complexity index is 680. The van der Waals surface area contributed by atoms with Gasteiger partial charge in [0.1, 0.15) is 6.17 Å². The summed E-state index contributed by atoms with van der Waals surface area (Å²) in [5.41, 5.74) is 0.565. The molecule has 2 atom stereocenters. The summed E-state index contributed by atoms with van der Waals surface area (Å²) in [5.74, 6) is 0.943. The molecule has 1 aromatic rings. The van der Waals surface area contributed by atoms with Gasteiger partial charge in [0.2, 0.25) is 16.8 Å². The first-order chi connectivity index (χ1) is 10.4. The second kappa shape index (κ2) is 5.68. The number of likely N-dealkylation sites (N-methyl/N-ethyl adjacent to an activating group) is 1. The van der Waals surface area contributed by atoms with Crippen LogP contribution in [0.5, 0.6) is 11.5 Å². The second-order valence-electron chi connectivity index (χ2n) is 5.59. The molecular weight excluding hydrogens is 311 g/mol. The molecule has 3 rings (SSSR count). The van der Waals surface area contributed by atoms with Crippen molar-refractivity contribution in [2.24, 2.45) is 0 Å². The van der Waals surface area contributed by atoms with Crippen molar-refractivity contribution < 1.29 is 22.3 Å². The highest BCUT2D eigenvalue weighted by Crippen LogP contribution is 2.38. The van der Waals surface area contributed by atoms with E-state index >= 15 is 0 Å². The number of aryl methyl sites for hydroxylation is 1. The number of halogens is 1. The summed E-state index contributed by atoms with van der Waals surface area (Å²) in [7, 11) is -2.05. The fourth-order valence-corrected chi connectivity index (χ4v) is 4.86. The molecule has 2 heterocycles. The molecule has 6 nitrogen and oxygen atoms in total. The smallest absolute Gasteiger partial charge is 0.243 e. The normalized spacial score (nSPS) is 24.9. The number of nitrogens with zero attached hydrogens (tertiary/aromatic N) is 1. The molecule has 0 spiro atoms. The number of benzene rings is 1. The van der Waals surface area contributed by atoms with E-state index in [-0.39, 0.29) is 30.7 Å². The maximum Gasteiger partial charge on any atom is 0.243 e. The highest BCUT2D eigenvalue weighted by molar-refractivity contribution is 7.89. The molecule has 0 radical (unpaired) electrons. The van der Waals surface area contributed by atoms with Gasteiger partial charge >= 0.3 is 0 Å². The van der Waals surface area contributed by atoms with Crippen molar-refractivity contribution in [1.29, 1.82) is 0 Å². The molecule has 1 N–H and O–H groups in total. The fraction of sp³-hybridized carbons (Fsp3) is 0.571. The number of nitrogens with one attached hydrogen (secondary N) is 1. The van der Waals surface area contributed by atoms with Gasteiger partial charge in [-0.15, -0.1) is 0 Å². The summed E-state index contributed by atoms with van der Waals surface area (Å²) in [4.78, 5) is 0.145. The van der Waals surface area contributed by atoms with Crippen LogP contribution < -0.4 is 14.8 Å². The second-order valence-corrected chi connectivity index (χ2v) is 7.45. The van der Waals surface area contributed by atoms with Crippen LogP contribution in [0.2, 0.25) is 0 Å². The first-order valence-corrected chi connectivity index (χ1v) is 8.58. The molecule has 22 heavy (non-hydrogen) atoms. The number of alkyl halides is 1. The number of ether oxygens (including phenoxy) is 2. The maximum atomic E-state index is 13.7. The Morgan fingerprint density at radius 1 is 1.36 bits per heavy atom. The van der Waals surface area contributed by atoms with Crippen molar-refractivity contribution in [2.45, 2.75) is 30.5 Å². The topological polar surface area (TPSA) is 67.9 Å². The van der Waals surface area contributed by atoms with Crippen molar-refractivity contribution in [1.82, 2.24) is 9.62 Å². The van der Waals surface area contributed by atoms with Gasteiger partial charge in [-0.25, -0.2) is 12.8 Å². The van der Waals surface area contributed by atoms with Gasteiger partial charge in [0.25, 0.3) is 0 Å². The number of fused-ring (bicyclic) bond motifs is 1. The quantitative estimate of drug-likeness (QED) is 0.894. The number of hydrogen-bond acceptors (Lipinski definition) is 5. The standard InChI is InChI=1S/C14H19FN2O4S/c1-9-3-12-13(21-8-20-12)5-14(9)22(18,19)17-7-10(15)4-11(17)6-16-2/h3,5,10-11,16H,4,6-8H2,1-2H3/t10-,11-/m0/s1. The SMILES string of the molecule is CNC[C@@H]1C[C@H](F)CN1S(=O)(=O)c1cc2c(cc1C)OCO2. The summed E-state index contributed by atoms with van der Waals surface area (Å²) in [6, 6.07) is 2.73. The van der Waals surface area contributed by atoms with Gasteiger partial charge in [-0.2, -0.15) is 4.31 Å². The molecule has 1 saturated heterocycles. The molecule has 0 unspecified atom stereocenters. The van der Waals surface area contributed by atoms with Gasteiger partial charge in [0.05, 0.1) is 4.90 Å². The van der Waals surface area contributed by atoms with Crippen LogP contribution in [0.25, 0.3) is 0 Å². The zero-order chi connectivity index (χ0) is 15.9. The molecule has 0 aliphatic carbocycles. The lowest BCUT2D eigenvalue weighted by molar-refractivity contribution is 0.174. The van der Waals surface area contributed by atoms with Gasteiger partial charge in [0.15, 0.2) is 11.5 Å². The summed E-state index contributed by atoms with van der Waals surface area (Å²) >= 11 is 0. The summed E-state index contributed by atoms with van der Waals surface area (Å²) in [5, 5.41) is 2.92. The Hall–Kier alpha value is -1.38. The van der Waals surface area contributed by atoms with E-state index in [2.05, 4.69) is 5.32 Å². The summed E-state index contributed by atoms with van der Waals surface area (Å²) < 4.78 is 51.3. The molecule has 1 aromatic carbocycles. The van der Waals surface area contributed by atoms with Crippen LogP contribution in [0.1, 0.15) is 12.0 Å². The Kier molecular flexibility index (Phi) is 4.00. The predicted octanol–water partition coefficient (Wildman–Crippen LogP) is 1.04. The van der Waals surface area contributed by atoms with Gasteiger partial charge in [-0.1, -0.05) is 0 Å². The zero-order valence-electron chi connectivity index (χ0n) is 12.5. The average molecular weight is 330 g/mol. The minimum atomic E-state index is -3.78. The molecule has 122 valence electrons. The zero-order valence-corrected chi connectivity index (χ0v) is 13.3. The molecule has 2 aliphatic rings. The number of sulfonamides is 1. The predicted molar refractivity (Wildman–Crippen MR) is 78.4 cm³/mol. The number of rotatable bonds is 4. The molecule has 0 aromatic heterocycles. The first kappa shape index (κ1) is 15.5. The van der Waals surface area contributed by atoms with Gasteiger partial charge in [-0.3, -0.25) is 0 Å².